The van der Waals surface area contributed by atoms with Gasteiger partial charge in [0.2, 0.25) is 5.78 Å². The van der Waals surface area contributed by atoms with E-state index in [0.717, 1.165) is 5.56 Å². The molecule has 138 valence electrons. The summed E-state index contributed by atoms with van der Waals surface area (Å²) in [7, 11) is 0. The van der Waals surface area contributed by atoms with E-state index in [1.165, 1.54) is 24.3 Å². The molecule has 0 amide bonds. The number of hydrogen-bond donors (Lipinski definition) is 1. The first-order valence-corrected chi connectivity index (χ1v) is 8.79. The van der Waals surface area contributed by atoms with Crippen LogP contribution in [0.25, 0.3) is 0 Å². The Bertz CT molecular complexity index is 1170. The van der Waals surface area contributed by atoms with Crippen LogP contribution in [-0.4, -0.2) is 16.5 Å². The van der Waals surface area contributed by atoms with Crippen molar-refractivity contribution >= 4 is 40.2 Å². The summed E-state index contributed by atoms with van der Waals surface area (Å²) in [6.07, 6.45) is 0. The van der Waals surface area contributed by atoms with Crippen LogP contribution in [0.4, 0.5) is 17.1 Å². The van der Waals surface area contributed by atoms with E-state index in [9.17, 15) is 19.7 Å². The average Bonchev–Trinajstić information content (AvgIpc) is 2.68. The molecule has 0 bridgehead atoms. The average molecular weight is 393 g/mol. The maximum absolute atomic E-state index is 13.2. The molecule has 28 heavy (non-hydrogen) atoms. The molecule has 1 aliphatic carbocycles. The Hall–Kier alpha value is -3.51. The second kappa shape index (κ2) is 6.58. The third-order valence-electron chi connectivity index (χ3n) is 4.65. The van der Waals surface area contributed by atoms with Crippen LogP contribution in [0.3, 0.4) is 0 Å². The van der Waals surface area contributed by atoms with Crippen molar-refractivity contribution in [1.29, 1.82) is 0 Å². The third-order valence-corrected chi connectivity index (χ3v) is 4.97. The van der Waals surface area contributed by atoms with E-state index >= 15 is 0 Å². The molecular weight excluding hydrogens is 380 g/mol. The molecule has 0 aromatic heterocycles. The molecule has 7 heteroatoms. The van der Waals surface area contributed by atoms with Gasteiger partial charge in [0.05, 0.1) is 26.8 Å². The van der Waals surface area contributed by atoms with E-state index in [4.69, 9.17) is 11.6 Å². The van der Waals surface area contributed by atoms with Gasteiger partial charge in [-0.15, -0.1) is 0 Å². The van der Waals surface area contributed by atoms with Crippen LogP contribution in [-0.2, 0) is 0 Å². The topological polar surface area (TPSA) is 89.3 Å². The zero-order valence-electron chi connectivity index (χ0n) is 14.7. The predicted octanol–water partition coefficient (Wildman–Crippen LogP) is 5.08. The highest BCUT2D eigenvalue weighted by atomic mass is 35.5. The van der Waals surface area contributed by atoms with Gasteiger partial charge >= 0.3 is 0 Å². The van der Waals surface area contributed by atoms with Gasteiger partial charge in [0.15, 0.2) is 5.78 Å². The summed E-state index contributed by atoms with van der Waals surface area (Å²) in [6.45, 7) is 1.95. The van der Waals surface area contributed by atoms with Gasteiger partial charge in [0, 0.05) is 17.3 Å². The summed E-state index contributed by atoms with van der Waals surface area (Å²) in [5.74, 6) is -1.11. The molecule has 6 nitrogen and oxygen atoms in total. The number of rotatable bonds is 3. The molecule has 0 saturated heterocycles. The zero-order valence-corrected chi connectivity index (χ0v) is 15.4. The number of ketones is 2. The first-order valence-electron chi connectivity index (χ1n) is 8.41. The van der Waals surface area contributed by atoms with Gasteiger partial charge in [0.1, 0.15) is 5.56 Å². The second-order valence-electron chi connectivity index (χ2n) is 6.45. The summed E-state index contributed by atoms with van der Waals surface area (Å²) in [4.78, 5) is 37.0. The molecule has 1 aliphatic rings. The Morgan fingerprint density at radius 3 is 2.29 bits per heavy atom. The monoisotopic (exact) mass is 392 g/mol. The number of carbonyl (C=O) groups excluding carboxylic acids is 2. The minimum absolute atomic E-state index is 0.0129. The minimum atomic E-state index is -0.660. The van der Waals surface area contributed by atoms with E-state index < -0.39 is 22.2 Å². The Kier molecular flexibility index (Phi) is 4.20. The van der Waals surface area contributed by atoms with E-state index in [1.54, 1.807) is 6.07 Å². The number of fused-ring (bicyclic) bond motifs is 2. The lowest BCUT2D eigenvalue weighted by atomic mass is 9.82. The number of nitro benzene ring substituents is 1. The first-order chi connectivity index (χ1) is 13.4. The lowest BCUT2D eigenvalue weighted by Gasteiger charge is -2.21. The lowest BCUT2D eigenvalue weighted by molar-refractivity contribution is -0.385. The van der Waals surface area contributed by atoms with Crippen molar-refractivity contribution in [3.05, 3.63) is 97.6 Å². The largest absolute Gasteiger partial charge is 0.355 e. The molecule has 3 aromatic rings. The van der Waals surface area contributed by atoms with E-state index in [-0.39, 0.29) is 27.3 Å². The third kappa shape index (κ3) is 2.75. The molecule has 0 unspecified atom stereocenters. The normalized spacial score (nSPS) is 12.4. The van der Waals surface area contributed by atoms with Crippen molar-refractivity contribution in [2.75, 3.05) is 5.32 Å². The van der Waals surface area contributed by atoms with Crippen molar-refractivity contribution in [2.24, 2.45) is 0 Å². The number of carbonyl (C=O) groups is 2. The molecule has 0 spiro atoms. The minimum Gasteiger partial charge on any atom is -0.355 e. The van der Waals surface area contributed by atoms with Crippen molar-refractivity contribution in [3.8, 4) is 0 Å². The van der Waals surface area contributed by atoms with Gasteiger partial charge in [-0.05, 0) is 37.3 Å². The fraction of sp³-hybridized carbons (Fsp3) is 0.0476. The number of nitro groups is 1. The maximum atomic E-state index is 13.2. The number of aryl methyl sites for hydroxylation is 1. The second-order valence-corrected chi connectivity index (χ2v) is 6.86. The highest BCUT2D eigenvalue weighted by molar-refractivity contribution is 6.40. The number of hydrogen-bond acceptors (Lipinski definition) is 5. The van der Waals surface area contributed by atoms with E-state index in [0.29, 0.717) is 11.4 Å². The molecule has 0 aliphatic heterocycles. The van der Waals surface area contributed by atoms with Crippen molar-refractivity contribution in [3.63, 3.8) is 0 Å². The van der Waals surface area contributed by atoms with Crippen LogP contribution < -0.4 is 5.32 Å². The SMILES string of the molecule is Cc1ccc(Nc2ccc(Cl)c3c2C(=O)c2c(cccc2[N+](=O)[O-])C3=O)cc1. The number of benzene rings is 3. The number of nitrogens with zero attached hydrogens (tertiary/aromatic N) is 1. The Balaban J connectivity index is 1.93. The standard InChI is InChI=1S/C21H13ClN2O4/c1-11-5-7-12(8-6-11)23-15-10-9-14(22)18-19(15)21(26)17-13(20(18)25)3-2-4-16(17)24(27)28/h2-10,23H,1H3. The van der Waals surface area contributed by atoms with Crippen LogP contribution in [0.1, 0.15) is 37.4 Å². The fourth-order valence-corrected chi connectivity index (χ4v) is 3.55. The van der Waals surface area contributed by atoms with Crippen LogP contribution >= 0.6 is 11.6 Å². The Morgan fingerprint density at radius 2 is 1.61 bits per heavy atom. The quantitative estimate of drug-likeness (QED) is 0.388. The van der Waals surface area contributed by atoms with Crippen LogP contribution in [0.5, 0.6) is 0 Å². The Morgan fingerprint density at radius 1 is 0.893 bits per heavy atom. The van der Waals surface area contributed by atoms with Crippen LogP contribution in [0.15, 0.2) is 54.6 Å². The number of nitrogens with one attached hydrogen (secondary N) is 1. The van der Waals surface area contributed by atoms with Crippen LogP contribution in [0.2, 0.25) is 5.02 Å². The molecule has 4 rings (SSSR count). The molecule has 0 heterocycles. The first kappa shape index (κ1) is 17.9. The molecular formula is C21H13ClN2O4. The Labute approximate surface area is 164 Å². The molecule has 0 fully saturated rings. The molecule has 3 aromatic carbocycles. The van der Waals surface area contributed by atoms with Crippen LogP contribution in [0, 0.1) is 17.0 Å². The highest BCUT2D eigenvalue weighted by Gasteiger charge is 2.38. The number of halogens is 1. The zero-order chi connectivity index (χ0) is 20.0. The summed E-state index contributed by atoms with van der Waals surface area (Å²) in [5, 5.41) is 14.7. The van der Waals surface area contributed by atoms with Crippen molar-refractivity contribution < 1.29 is 14.5 Å². The molecule has 0 atom stereocenters. The van der Waals surface area contributed by atoms with Crippen molar-refractivity contribution in [2.45, 2.75) is 6.92 Å². The summed E-state index contributed by atoms with van der Waals surface area (Å²) in [5.41, 5.74) is 1.62. The van der Waals surface area contributed by atoms with E-state index in [1.807, 2.05) is 31.2 Å². The summed E-state index contributed by atoms with van der Waals surface area (Å²) < 4.78 is 0. The van der Waals surface area contributed by atoms with E-state index in [2.05, 4.69) is 5.32 Å². The smallest absolute Gasteiger partial charge is 0.281 e. The van der Waals surface area contributed by atoms with Gasteiger partial charge in [-0.25, -0.2) is 0 Å². The lowest BCUT2D eigenvalue weighted by Crippen LogP contribution is -2.23. The van der Waals surface area contributed by atoms with Gasteiger partial charge in [-0.2, -0.15) is 0 Å². The van der Waals surface area contributed by atoms with Gasteiger partial charge in [-0.1, -0.05) is 35.4 Å². The summed E-state index contributed by atoms with van der Waals surface area (Å²) in [6, 6.07) is 14.6. The summed E-state index contributed by atoms with van der Waals surface area (Å²) >= 11 is 6.23. The fourth-order valence-electron chi connectivity index (χ4n) is 3.31. The van der Waals surface area contributed by atoms with Gasteiger partial charge < -0.3 is 5.32 Å². The highest BCUT2D eigenvalue weighted by Crippen LogP contribution is 2.39. The molecule has 0 saturated carbocycles. The molecule has 0 radical (unpaired) electrons. The van der Waals surface area contributed by atoms with Crippen molar-refractivity contribution in [1.82, 2.24) is 0 Å². The maximum Gasteiger partial charge on any atom is 0.281 e. The van der Waals surface area contributed by atoms with Gasteiger partial charge in [0.25, 0.3) is 5.69 Å². The van der Waals surface area contributed by atoms with Gasteiger partial charge in [-0.3, -0.25) is 19.7 Å². The number of anilines is 2. The molecule has 1 N–H and O–H groups in total. The predicted molar refractivity (Wildman–Crippen MR) is 106 cm³/mol.